The van der Waals surface area contributed by atoms with E-state index in [0.29, 0.717) is 24.4 Å². The molecule has 0 spiro atoms. The van der Waals surface area contributed by atoms with Gasteiger partial charge in [0, 0.05) is 29.7 Å². The molecule has 3 aromatic rings. The predicted molar refractivity (Wildman–Crippen MR) is 106 cm³/mol. The smallest absolute Gasteiger partial charge is 0.222 e. The first-order chi connectivity index (χ1) is 13.4. The minimum atomic E-state index is -1.14. The molecule has 3 heterocycles. The molecule has 146 valence electrons. The Bertz CT molecular complexity index is 1070. The summed E-state index contributed by atoms with van der Waals surface area (Å²) in [4.78, 5) is 13.0. The van der Waals surface area contributed by atoms with Crippen molar-refractivity contribution in [2.75, 3.05) is 11.9 Å². The summed E-state index contributed by atoms with van der Waals surface area (Å²) in [7, 11) is 0. The van der Waals surface area contributed by atoms with E-state index < -0.39 is 5.67 Å². The Morgan fingerprint density at radius 3 is 2.71 bits per heavy atom. The van der Waals surface area contributed by atoms with Gasteiger partial charge in [-0.05, 0) is 51.7 Å². The number of nitrogens with one attached hydrogen (secondary N) is 1. The number of nitrogens with zero attached hydrogens (tertiary/aromatic N) is 4. The Morgan fingerprint density at radius 2 is 2.07 bits per heavy atom. The van der Waals surface area contributed by atoms with Gasteiger partial charge in [0.25, 0.3) is 0 Å². The maximum Gasteiger partial charge on any atom is 0.222 e. The number of hydrogen-bond acceptors (Lipinski definition) is 4. The van der Waals surface area contributed by atoms with E-state index >= 15 is 0 Å². The minimum absolute atomic E-state index is 0.226. The number of allylic oxidation sites excluding steroid dienone is 1. The lowest BCUT2D eigenvalue weighted by Gasteiger charge is -2.33. The van der Waals surface area contributed by atoms with Gasteiger partial charge in [0.1, 0.15) is 5.67 Å². The van der Waals surface area contributed by atoms with Crippen LogP contribution >= 0.6 is 0 Å². The second-order valence-corrected chi connectivity index (χ2v) is 7.44. The van der Waals surface area contributed by atoms with E-state index in [9.17, 15) is 8.78 Å². The maximum atomic E-state index is 14.5. The Hall–Kier alpha value is -2.83. The average molecular weight is 383 g/mol. The number of imidazole rings is 1. The van der Waals surface area contributed by atoms with Crippen LogP contribution in [-0.4, -0.2) is 31.6 Å². The zero-order chi connectivity index (χ0) is 19.9. The molecule has 1 saturated carbocycles. The summed E-state index contributed by atoms with van der Waals surface area (Å²) in [5, 5.41) is 3.00. The molecular weight excluding hydrogens is 360 g/mol. The summed E-state index contributed by atoms with van der Waals surface area (Å²) in [6, 6.07) is 1.48. The first-order valence-electron chi connectivity index (χ1n) is 9.47. The lowest BCUT2D eigenvalue weighted by Crippen LogP contribution is -2.39. The van der Waals surface area contributed by atoms with E-state index in [4.69, 9.17) is 0 Å². The Morgan fingerprint density at radius 1 is 1.29 bits per heavy atom. The standard InChI is InChI=1S/C21H23F2N5/c1-4-16(15-8-18(22)19-26-13(2)10-28(19)11-15)17-9-24-20(27-14(17)3)25-12-21(23)6-5-7-21/h4,8-11H,5-7,12H2,1-3H3,(H,24,25,27)/b16-4-. The van der Waals surface area contributed by atoms with Crippen LogP contribution in [0.4, 0.5) is 14.7 Å². The lowest BCUT2D eigenvalue weighted by atomic mass is 9.82. The van der Waals surface area contributed by atoms with Crippen molar-refractivity contribution < 1.29 is 8.78 Å². The Labute approximate surface area is 162 Å². The molecule has 1 aliphatic carbocycles. The van der Waals surface area contributed by atoms with Gasteiger partial charge in [0.15, 0.2) is 11.5 Å². The van der Waals surface area contributed by atoms with Gasteiger partial charge < -0.3 is 9.72 Å². The number of alkyl halides is 1. The maximum absolute atomic E-state index is 14.5. The van der Waals surface area contributed by atoms with Crippen molar-refractivity contribution in [2.45, 2.75) is 45.7 Å². The number of aromatic nitrogens is 4. The first kappa shape index (κ1) is 18.5. The second kappa shape index (κ2) is 6.96. The normalized spacial score (nSPS) is 16.2. The third kappa shape index (κ3) is 3.37. The molecule has 0 aliphatic heterocycles. The third-order valence-electron chi connectivity index (χ3n) is 5.31. The molecule has 1 aliphatic rings. The first-order valence-corrected chi connectivity index (χ1v) is 9.47. The molecule has 0 unspecified atom stereocenters. The van der Waals surface area contributed by atoms with Gasteiger partial charge in [-0.2, -0.15) is 0 Å². The quantitative estimate of drug-likeness (QED) is 0.698. The Balaban J connectivity index is 1.63. The van der Waals surface area contributed by atoms with Crippen molar-refractivity contribution >= 4 is 17.2 Å². The van der Waals surface area contributed by atoms with E-state index in [2.05, 4.69) is 20.3 Å². The van der Waals surface area contributed by atoms with Crippen LogP contribution in [0.2, 0.25) is 0 Å². The van der Waals surface area contributed by atoms with Gasteiger partial charge in [-0.1, -0.05) is 6.08 Å². The van der Waals surface area contributed by atoms with Gasteiger partial charge in [0.05, 0.1) is 17.9 Å². The number of rotatable bonds is 5. The molecule has 0 atom stereocenters. The van der Waals surface area contributed by atoms with Gasteiger partial charge in [0.2, 0.25) is 5.95 Å². The molecule has 0 saturated heterocycles. The van der Waals surface area contributed by atoms with Crippen LogP contribution in [0.3, 0.4) is 0 Å². The van der Waals surface area contributed by atoms with Crippen LogP contribution in [0.25, 0.3) is 11.2 Å². The zero-order valence-corrected chi connectivity index (χ0v) is 16.3. The largest absolute Gasteiger partial charge is 0.351 e. The average Bonchev–Trinajstić information content (AvgIpc) is 3.01. The fourth-order valence-corrected chi connectivity index (χ4v) is 3.60. The molecule has 0 bridgehead atoms. The molecule has 1 N–H and O–H groups in total. The highest BCUT2D eigenvalue weighted by Crippen LogP contribution is 2.35. The number of aryl methyl sites for hydroxylation is 2. The monoisotopic (exact) mass is 383 g/mol. The zero-order valence-electron chi connectivity index (χ0n) is 16.3. The molecule has 4 rings (SSSR count). The minimum Gasteiger partial charge on any atom is -0.351 e. The topological polar surface area (TPSA) is 55.1 Å². The second-order valence-electron chi connectivity index (χ2n) is 7.44. The van der Waals surface area contributed by atoms with E-state index in [0.717, 1.165) is 34.5 Å². The summed E-state index contributed by atoms with van der Waals surface area (Å²) in [5.74, 6) is 0.0306. The van der Waals surface area contributed by atoms with Crippen LogP contribution in [0.15, 0.2) is 30.7 Å². The van der Waals surface area contributed by atoms with Gasteiger partial charge in [-0.25, -0.2) is 23.7 Å². The fraction of sp³-hybridized carbons (Fsp3) is 0.381. The molecular formula is C21H23F2N5. The highest BCUT2D eigenvalue weighted by atomic mass is 19.1. The molecule has 1 fully saturated rings. The molecule has 7 heteroatoms. The number of hydrogen-bond donors (Lipinski definition) is 1. The predicted octanol–water partition coefficient (Wildman–Crippen LogP) is 4.64. The number of fused-ring (bicyclic) bond motifs is 1. The van der Waals surface area contributed by atoms with Crippen LogP contribution in [0.5, 0.6) is 0 Å². The molecule has 5 nitrogen and oxygen atoms in total. The summed E-state index contributed by atoms with van der Waals surface area (Å²) in [5.41, 5.74) is 3.02. The highest BCUT2D eigenvalue weighted by Gasteiger charge is 2.36. The van der Waals surface area contributed by atoms with Crippen molar-refractivity contribution in [3.63, 3.8) is 0 Å². The SMILES string of the molecule is C/C=C(/c1cc(F)c2nc(C)cn2c1)c1cnc(NCC2(F)CCC2)nc1C. The van der Waals surface area contributed by atoms with E-state index in [-0.39, 0.29) is 12.4 Å². The Kier molecular flexibility index (Phi) is 4.61. The molecule has 0 amide bonds. The van der Waals surface area contributed by atoms with Crippen LogP contribution in [0.1, 0.15) is 48.7 Å². The van der Waals surface area contributed by atoms with Crippen molar-refractivity contribution in [3.05, 3.63) is 59.1 Å². The van der Waals surface area contributed by atoms with Gasteiger partial charge >= 0.3 is 0 Å². The summed E-state index contributed by atoms with van der Waals surface area (Å²) in [6.45, 7) is 5.82. The van der Waals surface area contributed by atoms with E-state index in [1.54, 1.807) is 16.8 Å². The summed E-state index contributed by atoms with van der Waals surface area (Å²) in [6.07, 6.45) is 9.35. The van der Waals surface area contributed by atoms with Crippen molar-refractivity contribution in [1.29, 1.82) is 0 Å². The highest BCUT2D eigenvalue weighted by molar-refractivity contribution is 5.80. The van der Waals surface area contributed by atoms with Crippen LogP contribution < -0.4 is 5.32 Å². The summed E-state index contributed by atoms with van der Waals surface area (Å²) < 4.78 is 30.4. The van der Waals surface area contributed by atoms with Crippen LogP contribution in [-0.2, 0) is 0 Å². The molecule has 0 aromatic carbocycles. The fourth-order valence-electron chi connectivity index (χ4n) is 3.60. The van der Waals surface area contributed by atoms with Gasteiger partial charge in [-0.3, -0.25) is 0 Å². The van der Waals surface area contributed by atoms with Crippen LogP contribution in [0, 0.1) is 19.7 Å². The van der Waals surface area contributed by atoms with Crippen molar-refractivity contribution in [3.8, 4) is 0 Å². The number of anilines is 1. The molecule has 28 heavy (non-hydrogen) atoms. The van der Waals surface area contributed by atoms with Gasteiger partial charge in [-0.15, -0.1) is 0 Å². The molecule has 0 radical (unpaired) electrons. The lowest BCUT2D eigenvalue weighted by molar-refractivity contribution is 0.0782. The third-order valence-corrected chi connectivity index (χ3v) is 5.31. The summed E-state index contributed by atoms with van der Waals surface area (Å²) >= 11 is 0. The van der Waals surface area contributed by atoms with Crippen molar-refractivity contribution in [2.24, 2.45) is 0 Å². The van der Waals surface area contributed by atoms with E-state index in [1.807, 2.05) is 33.0 Å². The van der Waals surface area contributed by atoms with E-state index in [1.165, 1.54) is 6.07 Å². The molecule has 3 aromatic heterocycles. The number of pyridine rings is 1. The van der Waals surface area contributed by atoms with Crippen molar-refractivity contribution in [1.82, 2.24) is 19.4 Å². The number of halogens is 2.